The van der Waals surface area contributed by atoms with E-state index in [1.165, 1.54) is 0 Å². The molecular formula is C12H10IN5S. The number of halogens is 1. The molecule has 0 saturated heterocycles. The van der Waals surface area contributed by atoms with Crippen molar-refractivity contribution in [1.82, 2.24) is 20.2 Å². The summed E-state index contributed by atoms with van der Waals surface area (Å²) in [7, 11) is 0. The molecule has 0 atom stereocenters. The van der Waals surface area contributed by atoms with E-state index in [1.54, 1.807) is 23.7 Å². The van der Waals surface area contributed by atoms with Gasteiger partial charge in [0.2, 0.25) is 0 Å². The number of rotatable bonds is 3. The van der Waals surface area contributed by atoms with Crippen LogP contribution in [0.1, 0.15) is 4.88 Å². The highest BCUT2D eigenvalue weighted by Crippen LogP contribution is 2.31. The lowest BCUT2D eigenvalue weighted by atomic mass is 10.2. The predicted molar refractivity (Wildman–Crippen MR) is 84.7 cm³/mol. The molecule has 0 radical (unpaired) electrons. The zero-order valence-electron chi connectivity index (χ0n) is 10.0. The van der Waals surface area contributed by atoms with Crippen LogP contribution in [0.25, 0.3) is 11.3 Å². The number of nitrogens with one attached hydrogen (secondary N) is 2. The van der Waals surface area contributed by atoms with E-state index < -0.39 is 0 Å². The van der Waals surface area contributed by atoms with Crippen molar-refractivity contribution < 1.29 is 0 Å². The van der Waals surface area contributed by atoms with E-state index in [1.807, 2.05) is 18.3 Å². The Bertz CT molecular complexity index is 692. The number of H-pyrrole nitrogens is 1. The van der Waals surface area contributed by atoms with Crippen molar-refractivity contribution in [2.75, 3.05) is 5.32 Å². The van der Waals surface area contributed by atoms with Crippen LogP contribution in [0.15, 0.2) is 30.7 Å². The van der Waals surface area contributed by atoms with Crippen molar-refractivity contribution >= 4 is 44.9 Å². The Morgan fingerprint density at radius 2 is 2.32 bits per heavy atom. The number of hydrogen-bond donors (Lipinski definition) is 2. The molecule has 3 aromatic heterocycles. The van der Waals surface area contributed by atoms with E-state index in [0.29, 0.717) is 0 Å². The number of aromatic amines is 1. The predicted octanol–water partition coefficient (Wildman–Crippen LogP) is 3.58. The Morgan fingerprint density at radius 1 is 1.42 bits per heavy atom. The highest BCUT2D eigenvalue weighted by molar-refractivity contribution is 14.1. The highest BCUT2D eigenvalue weighted by atomic mass is 127. The average molecular weight is 383 g/mol. The first-order valence-electron chi connectivity index (χ1n) is 5.58. The molecule has 0 spiro atoms. The van der Waals surface area contributed by atoms with Gasteiger partial charge in [-0.25, -0.2) is 9.97 Å². The Balaban J connectivity index is 1.91. The second kappa shape index (κ2) is 5.25. The molecule has 0 amide bonds. The Morgan fingerprint density at radius 3 is 3.05 bits per heavy atom. The summed E-state index contributed by atoms with van der Waals surface area (Å²) in [6.45, 7) is 2.05. The summed E-state index contributed by atoms with van der Waals surface area (Å²) >= 11 is 3.86. The Kier molecular flexibility index (Phi) is 3.47. The molecule has 0 aliphatic carbocycles. The van der Waals surface area contributed by atoms with Gasteiger partial charge in [0.05, 0.1) is 15.5 Å². The summed E-state index contributed by atoms with van der Waals surface area (Å²) in [5.41, 5.74) is 1.95. The smallest absolute Gasteiger partial charge is 0.189 e. The van der Waals surface area contributed by atoms with Crippen LogP contribution in [0.2, 0.25) is 0 Å². The third-order valence-corrected chi connectivity index (χ3v) is 4.31. The molecule has 5 nitrogen and oxygen atoms in total. The van der Waals surface area contributed by atoms with Crippen LogP contribution in [0.3, 0.4) is 0 Å². The molecule has 96 valence electrons. The van der Waals surface area contributed by atoms with E-state index in [-0.39, 0.29) is 0 Å². The standard InChI is InChI=1S/C12H10IN5S/c1-7-10(8-5-15-16-6-8)17-12(19-7)18-11-9(13)3-2-4-14-11/h2-6H,1H3,(H,15,16)(H,14,17,18). The molecule has 0 unspecified atom stereocenters. The van der Waals surface area contributed by atoms with Gasteiger partial charge in [-0.05, 0) is 41.6 Å². The van der Waals surface area contributed by atoms with Crippen molar-refractivity contribution in [2.45, 2.75) is 6.92 Å². The average Bonchev–Trinajstić information content (AvgIpc) is 3.01. The maximum Gasteiger partial charge on any atom is 0.189 e. The number of anilines is 2. The van der Waals surface area contributed by atoms with Gasteiger partial charge in [-0.3, -0.25) is 5.10 Å². The van der Waals surface area contributed by atoms with Crippen LogP contribution in [-0.4, -0.2) is 20.2 Å². The van der Waals surface area contributed by atoms with Gasteiger partial charge in [-0.1, -0.05) is 0 Å². The summed E-state index contributed by atoms with van der Waals surface area (Å²) in [4.78, 5) is 10.0. The largest absolute Gasteiger partial charge is 0.315 e. The third-order valence-electron chi connectivity index (χ3n) is 2.55. The summed E-state index contributed by atoms with van der Waals surface area (Å²) in [5, 5.41) is 10.8. The molecule has 0 aliphatic heterocycles. The fraction of sp³-hybridized carbons (Fsp3) is 0.0833. The van der Waals surface area contributed by atoms with Crippen LogP contribution in [0, 0.1) is 10.5 Å². The molecule has 3 aromatic rings. The lowest BCUT2D eigenvalue weighted by Crippen LogP contribution is -1.95. The fourth-order valence-electron chi connectivity index (χ4n) is 1.68. The number of hydrogen-bond acceptors (Lipinski definition) is 5. The maximum absolute atomic E-state index is 4.59. The van der Waals surface area contributed by atoms with E-state index in [4.69, 9.17) is 0 Å². The van der Waals surface area contributed by atoms with E-state index in [9.17, 15) is 0 Å². The lowest BCUT2D eigenvalue weighted by Gasteiger charge is -2.02. The van der Waals surface area contributed by atoms with Gasteiger partial charge in [-0.2, -0.15) is 5.10 Å². The van der Waals surface area contributed by atoms with Crippen LogP contribution in [0.4, 0.5) is 10.9 Å². The van der Waals surface area contributed by atoms with Crippen molar-refractivity contribution in [2.24, 2.45) is 0 Å². The van der Waals surface area contributed by atoms with Crippen molar-refractivity contribution in [3.63, 3.8) is 0 Å². The summed E-state index contributed by atoms with van der Waals surface area (Å²) in [6.07, 6.45) is 5.38. The van der Waals surface area contributed by atoms with Gasteiger partial charge in [0, 0.05) is 22.8 Å². The second-order valence-electron chi connectivity index (χ2n) is 3.87. The topological polar surface area (TPSA) is 66.5 Å². The molecule has 0 aliphatic rings. The molecule has 0 aromatic carbocycles. The van der Waals surface area contributed by atoms with Gasteiger partial charge in [0.1, 0.15) is 5.82 Å². The van der Waals surface area contributed by atoms with E-state index >= 15 is 0 Å². The fourth-order valence-corrected chi connectivity index (χ4v) is 2.99. The van der Waals surface area contributed by atoms with Crippen LogP contribution in [-0.2, 0) is 0 Å². The minimum atomic E-state index is 0.829. The number of aryl methyl sites for hydroxylation is 1. The normalized spacial score (nSPS) is 10.6. The first-order valence-corrected chi connectivity index (χ1v) is 7.47. The molecule has 0 saturated carbocycles. The molecule has 7 heteroatoms. The molecule has 3 rings (SSSR count). The van der Waals surface area contributed by atoms with Gasteiger partial charge in [0.15, 0.2) is 5.13 Å². The van der Waals surface area contributed by atoms with Crippen LogP contribution < -0.4 is 5.32 Å². The molecule has 2 N–H and O–H groups in total. The summed E-state index contributed by atoms with van der Waals surface area (Å²) in [6, 6.07) is 3.92. The van der Waals surface area contributed by atoms with Gasteiger partial charge in [-0.15, -0.1) is 11.3 Å². The zero-order chi connectivity index (χ0) is 13.2. The number of thiazole rings is 1. The molecule has 19 heavy (non-hydrogen) atoms. The van der Waals surface area contributed by atoms with Gasteiger partial charge < -0.3 is 5.32 Å². The monoisotopic (exact) mass is 383 g/mol. The van der Waals surface area contributed by atoms with Crippen LogP contribution >= 0.6 is 33.9 Å². The highest BCUT2D eigenvalue weighted by Gasteiger charge is 2.11. The maximum atomic E-state index is 4.59. The van der Waals surface area contributed by atoms with Crippen molar-refractivity contribution in [1.29, 1.82) is 0 Å². The second-order valence-corrected chi connectivity index (χ2v) is 6.24. The molecule has 3 heterocycles. The SMILES string of the molecule is Cc1sc(Nc2ncccc2I)nc1-c1cn[nH]c1. The number of nitrogens with zero attached hydrogens (tertiary/aromatic N) is 3. The lowest BCUT2D eigenvalue weighted by molar-refractivity contribution is 1.09. The third kappa shape index (κ3) is 2.61. The molecule has 0 bridgehead atoms. The molecule has 0 fully saturated rings. The first kappa shape index (κ1) is 12.5. The number of pyridine rings is 1. The minimum absolute atomic E-state index is 0.829. The Hall–Kier alpha value is -1.48. The quantitative estimate of drug-likeness (QED) is 0.679. The van der Waals surface area contributed by atoms with Crippen molar-refractivity contribution in [3.8, 4) is 11.3 Å². The summed E-state index contributed by atoms with van der Waals surface area (Å²) < 4.78 is 1.07. The minimum Gasteiger partial charge on any atom is -0.315 e. The van der Waals surface area contributed by atoms with Crippen molar-refractivity contribution in [3.05, 3.63) is 39.2 Å². The van der Waals surface area contributed by atoms with Gasteiger partial charge in [0.25, 0.3) is 0 Å². The number of aromatic nitrogens is 4. The summed E-state index contributed by atoms with van der Waals surface area (Å²) in [5.74, 6) is 0.829. The Labute approximate surface area is 127 Å². The first-order chi connectivity index (χ1) is 9.24. The molecular weight excluding hydrogens is 373 g/mol. The van der Waals surface area contributed by atoms with E-state index in [2.05, 4.69) is 55.0 Å². The van der Waals surface area contributed by atoms with E-state index in [0.717, 1.165) is 30.7 Å². The zero-order valence-corrected chi connectivity index (χ0v) is 13.0. The van der Waals surface area contributed by atoms with Crippen LogP contribution in [0.5, 0.6) is 0 Å². The van der Waals surface area contributed by atoms with Gasteiger partial charge >= 0.3 is 0 Å².